The Balaban J connectivity index is 1.86. The predicted molar refractivity (Wildman–Crippen MR) is 67.5 cm³/mol. The summed E-state index contributed by atoms with van der Waals surface area (Å²) in [5.41, 5.74) is 3.97. The molecule has 17 heavy (non-hydrogen) atoms. The molecule has 0 saturated carbocycles. The molecule has 0 spiro atoms. The van der Waals surface area contributed by atoms with Gasteiger partial charge in [0.1, 0.15) is 0 Å². The molecule has 2 aromatic heterocycles. The molecule has 0 fully saturated rings. The van der Waals surface area contributed by atoms with Crippen molar-refractivity contribution in [2.45, 2.75) is 20.3 Å². The average molecular weight is 268 g/mol. The van der Waals surface area contributed by atoms with E-state index in [1.807, 2.05) is 12.4 Å². The third-order valence-corrected chi connectivity index (χ3v) is 3.96. The van der Waals surface area contributed by atoms with Crippen LogP contribution in [0.5, 0.6) is 0 Å². The van der Waals surface area contributed by atoms with Gasteiger partial charge in [-0.15, -0.1) is 11.3 Å². The molecule has 0 aromatic carbocycles. The molecular weight excluding hydrogens is 256 g/mol. The summed E-state index contributed by atoms with van der Waals surface area (Å²) in [5, 5.41) is 2.84. The zero-order chi connectivity index (χ0) is 12.3. The van der Waals surface area contributed by atoms with Crippen molar-refractivity contribution in [2.24, 2.45) is 0 Å². The molecule has 0 unspecified atom stereocenters. The van der Waals surface area contributed by atoms with Crippen molar-refractivity contribution in [1.82, 2.24) is 19.0 Å². The number of aryl methyl sites for hydroxylation is 2. The first kappa shape index (κ1) is 12.1. The van der Waals surface area contributed by atoms with Gasteiger partial charge in [0, 0.05) is 17.8 Å². The van der Waals surface area contributed by atoms with Crippen LogP contribution >= 0.6 is 23.1 Å². The Morgan fingerprint density at radius 3 is 2.76 bits per heavy atom. The molecule has 5 nitrogen and oxygen atoms in total. The number of nitrogens with zero attached hydrogens (tertiary/aromatic N) is 3. The first-order valence-electron chi connectivity index (χ1n) is 5.15. The van der Waals surface area contributed by atoms with E-state index in [0.717, 1.165) is 23.8 Å². The topological polar surface area (TPSA) is 67.8 Å². The molecule has 0 bridgehead atoms. The van der Waals surface area contributed by atoms with E-state index in [1.54, 1.807) is 18.3 Å². The molecule has 0 atom stereocenters. The minimum atomic E-state index is -0.154. The van der Waals surface area contributed by atoms with Crippen molar-refractivity contribution in [1.29, 1.82) is 0 Å². The number of carbonyl (C=O) groups is 1. The van der Waals surface area contributed by atoms with E-state index in [0.29, 0.717) is 17.9 Å². The fourth-order valence-corrected chi connectivity index (χ4v) is 2.70. The van der Waals surface area contributed by atoms with E-state index in [-0.39, 0.29) is 5.91 Å². The van der Waals surface area contributed by atoms with Gasteiger partial charge in [0.05, 0.1) is 28.6 Å². The number of amides is 1. The van der Waals surface area contributed by atoms with Gasteiger partial charge < -0.3 is 5.32 Å². The van der Waals surface area contributed by atoms with E-state index in [1.165, 1.54) is 4.88 Å². The lowest BCUT2D eigenvalue weighted by Crippen LogP contribution is -2.26. The molecule has 7 heteroatoms. The van der Waals surface area contributed by atoms with Crippen LogP contribution in [0.2, 0.25) is 0 Å². The Labute approximate surface area is 107 Å². The first-order chi connectivity index (χ1) is 8.18. The highest BCUT2D eigenvalue weighted by molar-refractivity contribution is 7.09. The number of hydrogen-bond donors (Lipinski definition) is 1. The van der Waals surface area contributed by atoms with Crippen molar-refractivity contribution < 1.29 is 4.79 Å². The van der Waals surface area contributed by atoms with E-state index >= 15 is 0 Å². The Bertz CT molecular complexity index is 520. The molecule has 0 saturated heterocycles. The second-order valence-corrected chi connectivity index (χ2v) is 5.03. The maximum Gasteiger partial charge on any atom is 0.272 e. The standard InChI is InChI=1S/C10H12N4OS2/c1-6-8(16-5-12-6)3-4-11-10(15)9-7(2)13-17-14-9/h5H,3-4H2,1-2H3,(H,11,15). The Morgan fingerprint density at radius 2 is 2.18 bits per heavy atom. The van der Waals surface area contributed by atoms with Crippen molar-refractivity contribution in [3.63, 3.8) is 0 Å². The van der Waals surface area contributed by atoms with Gasteiger partial charge in [0.15, 0.2) is 5.69 Å². The zero-order valence-corrected chi connectivity index (χ0v) is 11.2. The number of hydrogen-bond acceptors (Lipinski definition) is 6. The molecule has 1 amide bonds. The molecule has 2 heterocycles. The largest absolute Gasteiger partial charge is 0.350 e. The molecule has 0 aliphatic heterocycles. The van der Waals surface area contributed by atoms with E-state index < -0.39 is 0 Å². The second-order valence-electron chi connectivity index (χ2n) is 3.57. The quantitative estimate of drug-likeness (QED) is 0.914. The molecule has 0 radical (unpaired) electrons. The lowest BCUT2D eigenvalue weighted by molar-refractivity contribution is 0.0949. The third kappa shape index (κ3) is 2.86. The Kier molecular flexibility index (Phi) is 3.80. The molecule has 2 rings (SSSR count). The van der Waals surface area contributed by atoms with Gasteiger partial charge in [-0.3, -0.25) is 4.79 Å². The van der Waals surface area contributed by atoms with Crippen LogP contribution in [0.25, 0.3) is 0 Å². The highest BCUT2D eigenvalue weighted by Crippen LogP contribution is 2.12. The van der Waals surface area contributed by atoms with Gasteiger partial charge >= 0.3 is 0 Å². The SMILES string of the molecule is Cc1nsnc1C(=O)NCCc1scnc1C. The summed E-state index contributed by atoms with van der Waals surface area (Å²) in [6.45, 7) is 4.35. The molecule has 1 N–H and O–H groups in total. The summed E-state index contributed by atoms with van der Waals surface area (Å²) in [4.78, 5) is 17.1. The van der Waals surface area contributed by atoms with Gasteiger partial charge in [-0.1, -0.05) is 0 Å². The van der Waals surface area contributed by atoms with Crippen LogP contribution in [0.15, 0.2) is 5.51 Å². The molecule has 0 aliphatic rings. The minimum Gasteiger partial charge on any atom is -0.350 e. The summed E-state index contributed by atoms with van der Waals surface area (Å²) in [5.74, 6) is -0.154. The first-order valence-corrected chi connectivity index (χ1v) is 6.76. The maximum absolute atomic E-state index is 11.7. The highest BCUT2D eigenvalue weighted by atomic mass is 32.1. The molecule has 0 aliphatic carbocycles. The van der Waals surface area contributed by atoms with Crippen LogP contribution in [0, 0.1) is 13.8 Å². The predicted octanol–water partition coefficient (Wildman–Crippen LogP) is 1.58. The number of thiazole rings is 1. The van der Waals surface area contributed by atoms with Gasteiger partial charge in [-0.2, -0.15) is 8.75 Å². The smallest absolute Gasteiger partial charge is 0.272 e. The summed E-state index contributed by atoms with van der Waals surface area (Å²) in [6.07, 6.45) is 0.804. The average Bonchev–Trinajstić information content (AvgIpc) is 2.88. The fraction of sp³-hybridized carbons (Fsp3) is 0.400. The summed E-state index contributed by atoms with van der Waals surface area (Å²) >= 11 is 2.67. The number of aromatic nitrogens is 3. The number of rotatable bonds is 4. The summed E-state index contributed by atoms with van der Waals surface area (Å²) in [7, 11) is 0. The van der Waals surface area contributed by atoms with Crippen LogP contribution in [0.4, 0.5) is 0 Å². The molecule has 2 aromatic rings. The third-order valence-electron chi connectivity index (χ3n) is 2.35. The molecular formula is C10H12N4OS2. The number of carbonyl (C=O) groups excluding carboxylic acids is 1. The van der Waals surface area contributed by atoms with Crippen LogP contribution in [0.1, 0.15) is 26.8 Å². The monoisotopic (exact) mass is 268 g/mol. The Morgan fingerprint density at radius 1 is 1.35 bits per heavy atom. The van der Waals surface area contributed by atoms with Gasteiger partial charge in [-0.05, 0) is 13.8 Å². The van der Waals surface area contributed by atoms with Gasteiger partial charge in [0.25, 0.3) is 5.91 Å². The maximum atomic E-state index is 11.7. The fourth-order valence-electron chi connectivity index (χ4n) is 1.38. The van der Waals surface area contributed by atoms with Crippen molar-refractivity contribution in [3.8, 4) is 0 Å². The van der Waals surface area contributed by atoms with Crippen LogP contribution < -0.4 is 5.32 Å². The second kappa shape index (κ2) is 5.33. The van der Waals surface area contributed by atoms with Crippen LogP contribution in [0.3, 0.4) is 0 Å². The lowest BCUT2D eigenvalue weighted by Gasteiger charge is -2.02. The highest BCUT2D eigenvalue weighted by Gasteiger charge is 2.12. The van der Waals surface area contributed by atoms with Crippen LogP contribution in [-0.2, 0) is 6.42 Å². The van der Waals surface area contributed by atoms with Gasteiger partial charge in [0.2, 0.25) is 0 Å². The Hall–Kier alpha value is -1.34. The molecule has 90 valence electrons. The summed E-state index contributed by atoms with van der Waals surface area (Å²) in [6, 6.07) is 0. The van der Waals surface area contributed by atoms with E-state index in [4.69, 9.17) is 0 Å². The van der Waals surface area contributed by atoms with Crippen LogP contribution in [-0.4, -0.2) is 26.2 Å². The van der Waals surface area contributed by atoms with E-state index in [9.17, 15) is 4.79 Å². The summed E-state index contributed by atoms with van der Waals surface area (Å²) < 4.78 is 7.93. The lowest BCUT2D eigenvalue weighted by atomic mass is 10.3. The van der Waals surface area contributed by atoms with Crippen molar-refractivity contribution >= 4 is 29.0 Å². The van der Waals surface area contributed by atoms with Crippen molar-refractivity contribution in [2.75, 3.05) is 6.54 Å². The number of nitrogens with one attached hydrogen (secondary N) is 1. The van der Waals surface area contributed by atoms with Crippen molar-refractivity contribution in [3.05, 3.63) is 27.5 Å². The minimum absolute atomic E-state index is 0.154. The zero-order valence-electron chi connectivity index (χ0n) is 9.56. The normalized spacial score (nSPS) is 10.5. The van der Waals surface area contributed by atoms with Gasteiger partial charge in [-0.25, -0.2) is 4.98 Å². The van der Waals surface area contributed by atoms with E-state index in [2.05, 4.69) is 19.0 Å².